The smallest absolute Gasteiger partial charge is 0.345 e. The van der Waals surface area contributed by atoms with Crippen molar-refractivity contribution < 1.29 is 19.1 Å². The minimum Gasteiger partial charge on any atom is -0.465 e. The van der Waals surface area contributed by atoms with E-state index in [-0.39, 0.29) is 5.57 Å². The van der Waals surface area contributed by atoms with Crippen molar-refractivity contribution in [2.45, 2.75) is 38.0 Å². The van der Waals surface area contributed by atoms with Gasteiger partial charge in [0, 0.05) is 0 Å². The molecular weight excluding hydrogens is 280 g/mol. The summed E-state index contributed by atoms with van der Waals surface area (Å²) in [6.45, 7) is 0. The first kappa shape index (κ1) is 16.3. The number of carbonyl (C=O) groups excluding carboxylic acids is 2. The normalized spacial score (nSPS) is 15.0. The molecule has 0 aromatic heterocycles. The van der Waals surface area contributed by atoms with Crippen molar-refractivity contribution in [2.24, 2.45) is 0 Å². The van der Waals surface area contributed by atoms with Crippen molar-refractivity contribution in [3.05, 3.63) is 41.0 Å². The summed E-state index contributed by atoms with van der Waals surface area (Å²) in [5.41, 5.74) is 2.01. The lowest BCUT2D eigenvalue weighted by Gasteiger charge is -2.21. The maximum atomic E-state index is 11.6. The second kappa shape index (κ2) is 7.78. The van der Waals surface area contributed by atoms with E-state index < -0.39 is 11.9 Å². The fraction of sp³-hybridized carbons (Fsp3) is 0.444. The van der Waals surface area contributed by atoms with Crippen molar-refractivity contribution in [1.82, 2.24) is 0 Å². The lowest BCUT2D eigenvalue weighted by molar-refractivity contribution is -0.143. The van der Waals surface area contributed by atoms with Crippen molar-refractivity contribution in [1.29, 1.82) is 0 Å². The third-order valence-corrected chi connectivity index (χ3v) is 4.13. The van der Waals surface area contributed by atoms with Crippen LogP contribution >= 0.6 is 0 Å². The van der Waals surface area contributed by atoms with Crippen molar-refractivity contribution in [3.8, 4) is 0 Å². The molecule has 118 valence electrons. The van der Waals surface area contributed by atoms with Gasteiger partial charge >= 0.3 is 11.9 Å². The molecule has 1 fully saturated rings. The standard InChI is InChI=1S/C18H22O4/c1-21-17(19)16(18(20)22-2)12-13-8-10-15(11-9-13)14-6-4-3-5-7-14/h8-12,14H,3-7H2,1-2H3. The molecule has 0 bridgehead atoms. The van der Waals surface area contributed by atoms with Crippen LogP contribution < -0.4 is 0 Å². The summed E-state index contributed by atoms with van der Waals surface area (Å²) in [6, 6.07) is 8.01. The van der Waals surface area contributed by atoms with Gasteiger partial charge in [-0.05, 0) is 36.0 Å². The predicted molar refractivity (Wildman–Crippen MR) is 84.3 cm³/mol. The van der Waals surface area contributed by atoms with Gasteiger partial charge in [-0.1, -0.05) is 43.5 Å². The zero-order valence-corrected chi connectivity index (χ0v) is 13.1. The first-order valence-electron chi connectivity index (χ1n) is 7.64. The van der Waals surface area contributed by atoms with E-state index in [1.54, 1.807) is 0 Å². The molecule has 4 nitrogen and oxygen atoms in total. The second-order valence-corrected chi connectivity index (χ2v) is 5.54. The third kappa shape index (κ3) is 3.97. The van der Waals surface area contributed by atoms with Crippen LogP contribution in [0.3, 0.4) is 0 Å². The molecule has 0 saturated heterocycles. The van der Waals surface area contributed by atoms with E-state index in [4.69, 9.17) is 0 Å². The Morgan fingerprint density at radius 1 is 0.955 bits per heavy atom. The van der Waals surface area contributed by atoms with E-state index in [0.717, 1.165) is 5.56 Å². The number of esters is 2. The Labute approximate surface area is 131 Å². The molecule has 0 amide bonds. The molecule has 1 aromatic carbocycles. The molecule has 1 aromatic rings. The Morgan fingerprint density at radius 2 is 1.50 bits per heavy atom. The number of hydrogen-bond acceptors (Lipinski definition) is 4. The molecule has 1 aliphatic rings. The predicted octanol–water partition coefficient (Wildman–Crippen LogP) is 3.46. The number of ether oxygens (including phenoxy) is 2. The van der Waals surface area contributed by atoms with Gasteiger partial charge in [0.1, 0.15) is 5.57 Å². The maximum Gasteiger partial charge on any atom is 0.345 e. The highest BCUT2D eigenvalue weighted by molar-refractivity contribution is 6.17. The molecule has 4 heteroatoms. The average Bonchev–Trinajstić information content (AvgIpc) is 2.59. The largest absolute Gasteiger partial charge is 0.465 e. The van der Waals surface area contributed by atoms with Gasteiger partial charge in [0.2, 0.25) is 0 Å². The molecule has 0 N–H and O–H groups in total. The molecule has 0 heterocycles. The van der Waals surface area contributed by atoms with Crippen LogP contribution in [0.15, 0.2) is 29.8 Å². The Morgan fingerprint density at radius 3 is 2.00 bits per heavy atom. The first-order valence-corrected chi connectivity index (χ1v) is 7.64. The van der Waals surface area contributed by atoms with Crippen LogP contribution in [0.1, 0.15) is 49.1 Å². The number of benzene rings is 1. The van der Waals surface area contributed by atoms with Crippen LogP contribution in [0.25, 0.3) is 6.08 Å². The van der Waals surface area contributed by atoms with E-state index in [9.17, 15) is 9.59 Å². The Hall–Kier alpha value is -2.10. The molecule has 2 rings (SSSR count). The second-order valence-electron chi connectivity index (χ2n) is 5.54. The van der Waals surface area contributed by atoms with Crippen molar-refractivity contribution >= 4 is 18.0 Å². The van der Waals surface area contributed by atoms with E-state index >= 15 is 0 Å². The summed E-state index contributed by atoms with van der Waals surface area (Å²) < 4.78 is 9.24. The van der Waals surface area contributed by atoms with Gasteiger partial charge in [-0.2, -0.15) is 0 Å². The molecule has 0 spiro atoms. The molecule has 1 aliphatic carbocycles. The summed E-state index contributed by atoms with van der Waals surface area (Å²) in [6.07, 6.45) is 7.90. The Balaban J connectivity index is 2.18. The fourth-order valence-electron chi connectivity index (χ4n) is 2.89. The van der Waals surface area contributed by atoms with Crippen LogP contribution in [-0.4, -0.2) is 26.2 Å². The molecule has 0 atom stereocenters. The molecule has 22 heavy (non-hydrogen) atoms. The van der Waals surface area contributed by atoms with Crippen LogP contribution in [-0.2, 0) is 19.1 Å². The van der Waals surface area contributed by atoms with Gasteiger partial charge in [-0.15, -0.1) is 0 Å². The van der Waals surface area contributed by atoms with E-state index in [1.165, 1.54) is 58.0 Å². The van der Waals surface area contributed by atoms with Crippen LogP contribution in [0.5, 0.6) is 0 Å². The highest BCUT2D eigenvalue weighted by Crippen LogP contribution is 2.32. The lowest BCUT2D eigenvalue weighted by atomic mass is 9.84. The third-order valence-electron chi connectivity index (χ3n) is 4.13. The van der Waals surface area contributed by atoms with Gasteiger partial charge in [-0.3, -0.25) is 0 Å². The quantitative estimate of drug-likeness (QED) is 0.370. The number of hydrogen-bond donors (Lipinski definition) is 0. The summed E-state index contributed by atoms with van der Waals surface area (Å²) >= 11 is 0. The van der Waals surface area contributed by atoms with E-state index in [0.29, 0.717) is 5.92 Å². The molecule has 0 radical (unpaired) electrons. The zero-order chi connectivity index (χ0) is 15.9. The maximum absolute atomic E-state index is 11.6. The number of carbonyl (C=O) groups is 2. The molecular formula is C18H22O4. The highest BCUT2D eigenvalue weighted by Gasteiger charge is 2.20. The summed E-state index contributed by atoms with van der Waals surface area (Å²) in [5.74, 6) is -0.751. The summed E-state index contributed by atoms with van der Waals surface area (Å²) in [4.78, 5) is 23.3. The molecule has 1 saturated carbocycles. The number of rotatable bonds is 4. The fourth-order valence-corrected chi connectivity index (χ4v) is 2.89. The number of methoxy groups -OCH3 is 2. The van der Waals surface area contributed by atoms with Gasteiger partial charge in [0.15, 0.2) is 0 Å². The van der Waals surface area contributed by atoms with Crippen molar-refractivity contribution in [3.63, 3.8) is 0 Å². The zero-order valence-electron chi connectivity index (χ0n) is 13.1. The monoisotopic (exact) mass is 302 g/mol. The van der Waals surface area contributed by atoms with Gasteiger partial charge < -0.3 is 9.47 Å². The van der Waals surface area contributed by atoms with E-state index in [2.05, 4.69) is 21.6 Å². The van der Waals surface area contributed by atoms with Crippen molar-refractivity contribution in [2.75, 3.05) is 14.2 Å². The summed E-state index contributed by atoms with van der Waals surface area (Å²) in [5, 5.41) is 0. The molecule has 0 aliphatic heterocycles. The SMILES string of the molecule is COC(=O)C(=Cc1ccc(C2CCCCC2)cc1)C(=O)OC. The topological polar surface area (TPSA) is 52.6 Å². The highest BCUT2D eigenvalue weighted by atomic mass is 16.5. The lowest BCUT2D eigenvalue weighted by Crippen LogP contribution is -2.15. The summed E-state index contributed by atoms with van der Waals surface area (Å²) in [7, 11) is 2.48. The van der Waals surface area contributed by atoms with E-state index in [1.807, 2.05) is 12.1 Å². The Bertz CT molecular complexity index is 533. The average molecular weight is 302 g/mol. The minimum atomic E-state index is -0.691. The van der Waals surface area contributed by atoms with Crippen LogP contribution in [0.2, 0.25) is 0 Å². The molecule has 0 unspecified atom stereocenters. The van der Waals surface area contributed by atoms with Gasteiger partial charge in [0.05, 0.1) is 14.2 Å². The minimum absolute atomic E-state index is 0.101. The van der Waals surface area contributed by atoms with Gasteiger partial charge in [0.25, 0.3) is 0 Å². The van der Waals surface area contributed by atoms with Gasteiger partial charge in [-0.25, -0.2) is 9.59 Å². The van der Waals surface area contributed by atoms with Crippen LogP contribution in [0.4, 0.5) is 0 Å². The first-order chi connectivity index (χ1) is 10.7. The van der Waals surface area contributed by atoms with Crippen LogP contribution in [0, 0.1) is 0 Å². The Kier molecular flexibility index (Phi) is 5.75.